The Labute approximate surface area is 117 Å². The molecule has 1 saturated heterocycles. The normalized spacial score (nSPS) is 23.7. The fraction of sp³-hybridized carbons (Fsp3) is 0.231. The Morgan fingerprint density at radius 2 is 1.95 bits per heavy atom. The molecule has 108 valence electrons. The Hall–Kier alpha value is -2.77. The van der Waals surface area contributed by atoms with E-state index in [1.165, 1.54) is 12.1 Å². The lowest BCUT2D eigenvalue weighted by molar-refractivity contribution is -0.133. The number of halogens is 1. The van der Waals surface area contributed by atoms with Crippen LogP contribution in [0.3, 0.4) is 0 Å². The summed E-state index contributed by atoms with van der Waals surface area (Å²) >= 11 is 0. The second-order valence-corrected chi connectivity index (χ2v) is 4.46. The van der Waals surface area contributed by atoms with Gasteiger partial charge >= 0.3 is 5.97 Å². The lowest BCUT2D eigenvalue weighted by Crippen LogP contribution is -2.34. The molecule has 0 unspecified atom stereocenters. The summed E-state index contributed by atoms with van der Waals surface area (Å²) < 4.78 is 17.4. The van der Waals surface area contributed by atoms with E-state index in [9.17, 15) is 18.8 Å². The van der Waals surface area contributed by atoms with Gasteiger partial charge in [-0.3, -0.25) is 9.59 Å². The molecule has 1 aromatic rings. The predicted octanol–water partition coefficient (Wildman–Crippen LogP) is 0.243. The van der Waals surface area contributed by atoms with E-state index in [4.69, 9.17) is 4.84 Å². The maximum Gasteiger partial charge on any atom is 0.356 e. The molecule has 21 heavy (non-hydrogen) atoms. The quantitative estimate of drug-likeness (QED) is 0.576. The monoisotopic (exact) mass is 292 g/mol. The van der Waals surface area contributed by atoms with Gasteiger partial charge in [-0.25, -0.2) is 14.1 Å². The minimum Gasteiger partial charge on any atom is -0.464 e. The van der Waals surface area contributed by atoms with Crippen molar-refractivity contribution in [2.75, 3.05) is 12.0 Å². The number of carbonyl (C=O) groups is 3. The highest BCUT2D eigenvalue weighted by molar-refractivity contribution is 6.46. The minimum absolute atomic E-state index is 0.202. The molecule has 2 amide bonds. The maximum atomic E-state index is 12.9. The van der Waals surface area contributed by atoms with Crippen molar-refractivity contribution in [1.82, 2.24) is 0 Å². The summed E-state index contributed by atoms with van der Waals surface area (Å²) in [7, 11) is 1.14. The Morgan fingerprint density at radius 1 is 1.29 bits per heavy atom. The fourth-order valence-electron chi connectivity index (χ4n) is 2.30. The third kappa shape index (κ3) is 1.87. The van der Waals surface area contributed by atoms with Gasteiger partial charge in [0.1, 0.15) is 11.7 Å². The van der Waals surface area contributed by atoms with Crippen LogP contribution >= 0.6 is 0 Å². The second-order valence-electron chi connectivity index (χ2n) is 4.46. The summed E-state index contributed by atoms with van der Waals surface area (Å²) in [6.07, 6.45) is -1.18. The summed E-state index contributed by atoms with van der Waals surface area (Å²) in [5.41, 5.74) is -0.0425. The number of ether oxygens (including phenoxy) is 1. The first-order valence-electron chi connectivity index (χ1n) is 6.00. The van der Waals surface area contributed by atoms with Gasteiger partial charge in [0, 0.05) is 0 Å². The van der Waals surface area contributed by atoms with Gasteiger partial charge in [-0.2, -0.15) is 0 Å². The molecule has 1 fully saturated rings. The highest BCUT2D eigenvalue weighted by atomic mass is 19.1. The highest BCUT2D eigenvalue weighted by Gasteiger charge is 2.57. The molecule has 0 aromatic heterocycles. The highest BCUT2D eigenvalue weighted by Crippen LogP contribution is 2.33. The third-order valence-electron chi connectivity index (χ3n) is 3.29. The van der Waals surface area contributed by atoms with Gasteiger partial charge in [0.15, 0.2) is 5.71 Å². The zero-order valence-corrected chi connectivity index (χ0v) is 10.8. The maximum absolute atomic E-state index is 12.9. The van der Waals surface area contributed by atoms with E-state index >= 15 is 0 Å². The van der Waals surface area contributed by atoms with E-state index in [0.29, 0.717) is 0 Å². The summed E-state index contributed by atoms with van der Waals surface area (Å²) in [5.74, 6) is -3.76. The van der Waals surface area contributed by atoms with Crippen LogP contribution in [0.1, 0.15) is 0 Å². The van der Waals surface area contributed by atoms with Crippen molar-refractivity contribution >= 4 is 29.2 Å². The van der Waals surface area contributed by atoms with Gasteiger partial charge in [0.2, 0.25) is 12.0 Å². The number of anilines is 1. The molecule has 8 heteroatoms. The van der Waals surface area contributed by atoms with Crippen LogP contribution in [0.4, 0.5) is 10.1 Å². The number of esters is 1. The Balaban J connectivity index is 1.95. The molecule has 2 heterocycles. The SMILES string of the molecule is COC(=O)C1=NO[C@@H]2C(=O)N(c3ccc(F)cc3)C(=O)[C@H]12. The zero-order valence-electron chi connectivity index (χ0n) is 10.8. The Bertz CT molecular complexity index is 670. The number of oxime groups is 1. The second kappa shape index (κ2) is 4.65. The van der Waals surface area contributed by atoms with Crippen molar-refractivity contribution in [2.45, 2.75) is 6.10 Å². The first-order chi connectivity index (χ1) is 10.0. The molecule has 2 aliphatic rings. The van der Waals surface area contributed by atoms with Crippen molar-refractivity contribution in [3.05, 3.63) is 30.1 Å². The largest absolute Gasteiger partial charge is 0.464 e. The van der Waals surface area contributed by atoms with Gasteiger partial charge in [-0.1, -0.05) is 5.16 Å². The topological polar surface area (TPSA) is 85.3 Å². The standard InChI is InChI=1S/C13H9FN2O5/c1-20-13(19)9-8-10(21-15-9)12(18)16(11(8)17)7-4-2-6(14)3-5-7/h2-5,8,10H,1H3/t8-,10+/m1/s1. The van der Waals surface area contributed by atoms with Crippen molar-refractivity contribution in [1.29, 1.82) is 0 Å². The van der Waals surface area contributed by atoms with Crippen LogP contribution in [-0.2, 0) is 24.0 Å². The number of benzene rings is 1. The van der Waals surface area contributed by atoms with E-state index in [1.54, 1.807) is 0 Å². The smallest absolute Gasteiger partial charge is 0.356 e. The number of nitrogens with zero attached hydrogens (tertiary/aromatic N) is 2. The Morgan fingerprint density at radius 3 is 2.57 bits per heavy atom. The van der Waals surface area contributed by atoms with E-state index in [2.05, 4.69) is 9.89 Å². The van der Waals surface area contributed by atoms with Crippen molar-refractivity contribution in [2.24, 2.45) is 11.1 Å². The first-order valence-corrected chi connectivity index (χ1v) is 6.00. The van der Waals surface area contributed by atoms with Crippen LogP contribution in [0.2, 0.25) is 0 Å². The molecule has 7 nitrogen and oxygen atoms in total. The third-order valence-corrected chi connectivity index (χ3v) is 3.29. The van der Waals surface area contributed by atoms with Gasteiger partial charge < -0.3 is 9.57 Å². The average molecular weight is 292 g/mol. The summed E-state index contributed by atoms with van der Waals surface area (Å²) in [4.78, 5) is 41.8. The molecule has 2 aliphatic heterocycles. The van der Waals surface area contributed by atoms with Crippen LogP contribution in [0.5, 0.6) is 0 Å². The van der Waals surface area contributed by atoms with Gasteiger partial charge in [-0.15, -0.1) is 0 Å². The van der Waals surface area contributed by atoms with Crippen molar-refractivity contribution < 1.29 is 28.3 Å². The first kappa shape index (κ1) is 13.2. The number of methoxy groups -OCH3 is 1. The molecule has 0 bridgehead atoms. The molecule has 2 atom stereocenters. The molecule has 1 aromatic carbocycles. The number of carbonyl (C=O) groups excluding carboxylic acids is 3. The number of fused-ring (bicyclic) bond motifs is 1. The van der Waals surface area contributed by atoms with E-state index in [1.807, 2.05) is 0 Å². The average Bonchev–Trinajstić information content (AvgIpc) is 3.01. The van der Waals surface area contributed by atoms with E-state index in [0.717, 1.165) is 24.1 Å². The summed E-state index contributed by atoms with van der Waals surface area (Å²) in [6.45, 7) is 0. The van der Waals surface area contributed by atoms with Crippen molar-refractivity contribution in [3.8, 4) is 0 Å². The summed E-state index contributed by atoms with van der Waals surface area (Å²) in [6, 6.07) is 4.84. The van der Waals surface area contributed by atoms with Crippen LogP contribution < -0.4 is 4.90 Å². The minimum atomic E-state index is -1.18. The lowest BCUT2D eigenvalue weighted by Gasteiger charge is -2.14. The molecule has 0 radical (unpaired) electrons. The lowest BCUT2D eigenvalue weighted by atomic mass is 10.00. The van der Waals surface area contributed by atoms with Crippen LogP contribution in [-0.4, -0.2) is 36.7 Å². The van der Waals surface area contributed by atoms with Gasteiger partial charge in [0.05, 0.1) is 12.8 Å². The molecule has 0 N–H and O–H groups in total. The van der Waals surface area contributed by atoms with Gasteiger partial charge in [-0.05, 0) is 24.3 Å². The molecular formula is C13H9FN2O5. The van der Waals surface area contributed by atoms with E-state index in [-0.39, 0.29) is 11.4 Å². The number of imide groups is 1. The Kier molecular flexibility index (Phi) is 2.93. The molecule has 0 aliphatic carbocycles. The van der Waals surface area contributed by atoms with E-state index < -0.39 is 35.6 Å². The zero-order chi connectivity index (χ0) is 15.1. The van der Waals surface area contributed by atoms with Crippen LogP contribution in [0.15, 0.2) is 29.4 Å². The molecule has 3 rings (SSSR count). The molecular weight excluding hydrogens is 283 g/mol. The predicted molar refractivity (Wildman–Crippen MR) is 66.7 cm³/mol. The van der Waals surface area contributed by atoms with Crippen molar-refractivity contribution in [3.63, 3.8) is 0 Å². The number of rotatable bonds is 2. The van der Waals surface area contributed by atoms with Crippen LogP contribution in [0, 0.1) is 11.7 Å². The molecule has 0 saturated carbocycles. The number of amides is 2. The van der Waals surface area contributed by atoms with Crippen LogP contribution in [0.25, 0.3) is 0 Å². The molecule has 0 spiro atoms. The summed E-state index contributed by atoms with van der Waals surface area (Å²) in [5, 5.41) is 3.45. The number of hydrogen-bond donors (Lipinski definition) is 0. The fourth-order valence-corrected chi connectivity index (χ4v) is 2.30. The van der Waals surface area contributed by atoms with Gasteiger partial charge in [0.25, 0.3) is 5.91 Å². The number of hydrogen-bond acceptors (Lipinski definition) is 6.